The fourth-order valence-corrected chi connectivity index (χ4v) is 3.57. The lowest BCUT2D eigenvalue weighted by Crippen LogP contribution is -2.14. The quantitative estimate of drug-likeness (QED) is 0.672. The summed E-state index contributed by atoms with van der Waals surface area (Å²) < 4.78 is 51.5. The minimum Gasteiger partial charge on any atom is -0.493 e. The Morgan fingerprint density at radius 1 is 1.11 bits per heavy atom. The first-order chi connectivity index (χ1) is 12.7. The summed E-state index contributed by atoms with van der Waals surface area (Å²) in [5.41, 5.74) is -0.260. The van der Waals surface area contributed by atoms with E-state index in [1.54, 1.807) is 23.7 Å². The molecule has 2 aromatic carbocycles. The van der Waals surface area contributed by atoms with Crippen molar-refractivity contribution in [2.75, 3.05) is 14.2 Å². The molecule has 1 amide bonds. The molecule has 5 nitrogen and oxygen atoms in total. The molecule has 1 heterocycles. The van der Waals surface area contributed by atoms with Crippen molar-refractivity contribution in [1.29, 1.82) is 0 Å². The average molecular weight is 396 g/mol. The van der Waals surface area contributed by atoms with Gasteiger partial charge in [-0.15, -0.1) is 0 Å². The zero-order valence-electron chi connectivity index (χ0n) is 14.6. The number of aromatic nitrogens is 1. The van der Waals surface area contributed by atoms with Crippen LogP contribution in [-0.4, -0.2) is 24.7 Å². The molecule has 0 aliphatic heterocycles. The number of aryl methyl sites for hydroxylation is 1. The van der Waals surface area contributed by atoms with E-state index in [1.165, 1.54) is 37.7 Å². The van der Waals surface area contributed by atoms with Gasteiger partial charge in [-0.05, 0) is 18.2 Å². The molecular formula is C18H15F3N2O3S. The van der Waals surface area contributed by atoms with E-state index in [1.807, 2.05) is 0 Å². The fraction of sp³-hybridized carbons (Fsp3) is 0.222. The largest absolute Gasteiger partial charge is 0.493 e. The molecule has 0 radical (unpaired) electrons. The zero-order chi connectivity index (χ0) is 19.8. The van der Waals surface area contributed by atoms with Crippen LogP contribution in [0.4, 0.5) is 13.2 Å². The van der Waals surface area contributed by atoms with Crippen LogP contribution in [0.1, 0.15) is 15.9 Å². The van der Waals surface area contributed by atoms with Gasteiger partial charge < -0.3 is 14.0 Å². The summed E-state index contributed by atoms with van der Waals surface area (Å²) >= 11 is 1.22. The molecule has 0 atom stereocenters. The van der Waals surface area contributed by atoms with Crippen molar-refractivity contribution in [3.8, 4) is 11.5 Å². The summed E-state index contributed by atoms with van der Waals surface area (Å²) in [5, 5.41) is 0. The Kier molecular flexibility index (Phi) is 4.97. The summed E-state index contributed by atoms with van der Waals surface area (Å²) in [5.74, 6) is 0.305. The number of hydrogen-bond donors (Lipinski definition) is 0. The van der Waals surface area contributed by atoms with Gasteiger partial charge in [0.25, 0.3) is 5.91 Å². The second-order valence-electron chi connectivity index (χ2n) is 5.61. The van der Waals surface area contributed by atoms with E-state index >= 15 is 0 Å². The van der Waals surface area contributed by atoms with Crippen LogP contribution in [0.3, 0.4) is 0 Å². The van der Waals surface area contributed by atoms with Gasteiger partial charge in [0.15, 0.2) is 16.3 Å². The number of carbonyl (C=O) groups is 1. The molecule has 1 aromatic heterocycles. The van der Waals surface area contributed by atoms with Gasteiger partial charge in [0.1, 0.15) is 0 Å². The summed E-state index contributed by atoms with van der Waals surface area (Å²) in [4.78, 5) is 16.7. The third-order valence-corrected chi connectivity index (χ3v) is 5.04. The maximum atomic E-state index is 12.8. The number of halogens is 3. The Morgan fingerprint density at radius 2 is 1.78 bits per heavy atom. The van der Waals surface area contributed by atoms with Crippen LogP contribution >= 0.6 is 11.3 Å². The highest BCUT2D eigenvalue weighted by atomic mass is 32.1. The summed E-state index contributed by atoms with van der Waals surface area (Å²) in [6, 6.07) is 7.71. The molecule has 0 spiro atoms. The predicted octanol–water partition coefficient (Wildman–Crippen LogP) is 4.02. The highest BCUT2D eigenvalue weighted by molar-refractivity contribution is 7.16. The monoisotopic (exact) mass is 396 g/mol. The number of amides is 1. The number of carbonyl (C=O) groups excluding carboxylic acids is 1. The van der Waals surface area contributed by atoms with Gasteiger partial charge in [-0.25, -0.2) is 0 Å². The Hall–Kier alpha value is -2.81. The van der Waals surface area contributed by atoms with Gasteiger partial charge in [-0.1, -0.05) is 17.4 Å². The van der Waals surface area contributed by atoms with E-state index in [0.29, 0.717) is 16.3 Å². The molecule has 0 bridgehead atoms. The van der Waals surface area contributed by atoms with Crippen LogP contribution in [0.2, 0.25) is 0 Å². The van der Waals surface area contributed by atoms with Crippen LogP contribution < -0.4 is 14.3 Å². The minimum atomic E-state index is -4.52. The molecule has 0 unspecified atom stereocenters. The maximum Gasteiger partial charge on any atom is 0.416 e. The van der Waals surface area contributed by atoms with Crippen molar-refractivity contribution in [2.24, 2.45) is 12.0 Å². The zero-order valence-corrected chi connectivity index (χ0v) is 15.4. The molecule has 0 saturated heterocycles. The van der Waals surface area contributed by atoms with E-state index in [2.05, 4.69) is 4.99 Å². The molecule has 142 valence electrons. The SMILES string of the molecule is COc1cc2sc(=NC(=O)c3cccc(C(F)(F)F)c3)n(C)c2cc1OC. The summed E-state index contributed by atoms with van der Waals surface area (Å²) in [6.45, 7) is 0. The normalized spacial score (nSPS) is 12.4. The van der Waals surface area contributed by atoms with E-state index in [4.69, 9.17) is 9.47 Å². The van der Waals surface area contributed by atoms with Gasteiger partial charge in [0.2, 0.25) is 0 Å². The molecule has 27 heavy (non-hydrogen) atoms. The van der Waals surface area contributed by atoms with E-state index < -0.39 is 17.6 Å². The first kappa shape index (κ1) is 19.0. The summed E-state index contributed by atoms with van der Waals surface area (Å²) in [6.07, 6.45) is -4.52. The molecule has 3 aromatic rings. The topological polar surface area (TPSA) is 52.8 Å². The van der Waals surface area contributed by atoms with Gasteiger partial charge in [-0.2, -0.15) is 18.2 Å². The minimum absolute atomic E-state index is 0.127. The molecule has 0 N–H and O–H groups in total. The average Bonchev–Trinajstić information content (AvgIpc) is 2.94. The van der Waals surface area contributed by atoms with Crippen molar-refractivity contribution in [1.82, 2.24) is 4.57 Å². The standard InChI is InChI=1S/C18H15F3N2O3S/c1-23-12-8-13(25-2)14(26-3)9-15(12)27-17(23)22-16(24)10-5-4-6-11(7-10)18(19,20)21/h4-9H,1-3H3. The van der Waals surface area contributed by atoms with Gasteiger partial charge >= 0.3 is 6.18 Å². The third-order valence-electron chi connectivity index (χ3n) is 3.95. The smallest absolute Gasteiger partial charge is 0.416 e. The second-order valence-corrected chi connectivity index (χ2v) is 6.62. The maximum absolute atomic E-state index is 12.8. The number of ether oxygens (including phenoxy) is 2. The van der Waals surface area contributed by atoms with Crippen LogP contribution in [0, 0.1) is 0 Å². The third kappa shape index (κ3) is 3.68. The number of benzene rings is 2. The number of methoxy groups -OCH3 is 2. The predicted molar refractivity (Wildman–Crippen MR) is 95.2 cm³/mol. The number of nitrogens with zero attached hydrogens (tertiary/aromatic N) is 2. The number of alkyl halides is 3. The Labute approximate surface area is 156 Å². The van der Waals surface area contributed by atoms with Crippen LogP contribution in [0.25, 0.3) is 10.2 Å². The van der Waals surface area contributed by atoms with Gasteiger partial charge in [0.05, 0.1) is 30.0 Å². The van der Waals surface area contributed by atoms with Crippen molar-refractivity contribution in [2.45, 2.75) is 6.18 Å². The number of rotatable bonds is 3. The van der Waals surface area contributed by atoms with Crippen molar-refractivity contribution in [3.05, 3.63) is 52.3 Å². The highest BCUT2D eigenvalue weighted by Gasteiger charge is 2.30. The molecule has 3 rings (SSSR count). The Bertz CT molecular complexity index is 1080. The van der Waals surface area contributed by atoms with E-state index in [0.717, 1.165) is 22.3 Å². The van der Waals surface area contributed by atoms with Crippen LogP contribution in [0.15, 0.2) is 41.4 Å². The van der Waals surface area contributed by atoms with Crippen LogP contribution in [0.5, 0.6) is 11.5 Å². The summed E-state index contributed by atoms with van der Waals surface area (Å²) in [7, 11) is 4.74. The highest BCUT2D eigenvalue weighted by Crippen LogP contribution is 2.33. The van der Waals surface area contributed by atoms with Gasteiger partial charge in [0, 0.05) is 24.7 Å². The van der Waals surface area contributed by atoms with Crippen LogP contribution in [-0.2, 0) is 13.2 Å². The number of fused-ring (bicyclic) bond motifs is 1. The van der Waals surface area contributed by atoms with Crippen molar-refractivity contribution >= 4 is 27.5 Å². The molecular weight excluding hydrogens is 381 g/mol. The Balaban J connectivity index is 2.08. The van der Waals surface area contributed by atoms with E-state index in [9.17, 15) is 18.0 Å². The lowest BCUT2D eigenvalue weighted by Gasteiger charge is -2.07. The number of thiazole rings is 1. The van der Waals surface area contributed by atoms with Crippen molar-refractivity contribution in [3.63, 3.8) is 0 Å². The molecule has 0 aliphatic carbocycles. The molecule has 0 saturated carbocycles. The first-order valence-electron chi connectivity index (χ1n) is 7.72. The second kappa shape index (κ2) is 7.07. The lowest BCUT2D eigenvalue weighted by molar-refractivity contribution is -0.137. The number of hydrogen-bond acceptors (Lipinski definition) is 4. The first-order valence-corrected chi connectivity index (χ1v) is 8.54. The van der Waals surface area contributed by atoms with Gasteiger partial charge in [-0.3, -0.25) is 4.79 Å². The molecule has 0 fully saturated rings. The fourth-order valence-electron chi connectivity index (χ4n) is 2.54. The van der Waals surface area contributed by atoms with Crippen molar-refractivity contribution < 1.29 is 27.4 Å². The Morgan fingerprint density at radius 3 is 2.41 bits per heavy atom. The van der Waals surface area contributed by atoms with E-state index in [-0.39, 0.29) is 5.56 Å². The molecule has 9 heteroatoms. The lowest BCUT2D eigenvalue weighted by atomic mass is 10.1. The molecule has 0 aliphatic rings.